The number of aliphatic carboxylic acids is 1. The summed E-state index contributed by atoms with van der Waals surface area (Å²) in [7, 11) is 0. The van der Waals surface area contributed by atoms with E-state index in [1.165, 1.54) is 0 Å². The molecule has 4 rings (SSSR count). The quantitative estimate of drug-likeness (QED) is 0.770. The highest BCUT2D eigenvalue weighted by molar-refractivity contribution is 5.91. The Labute approximate surface area is 144 Å². The number of carbonyl (C=O) groups excluding carboxylic acids is 1. The molecule has 0 heterocycles. The smallest absolute Gasteiger partial charge is 0.309 e. The van der Waals surface area contributed by atoms with Crippen molar-refractivity contribution < 1.29 is 19.8 Å². The van der Waals surface area contributed by atoms with E-state index >= 15 is 0 Å². The molecule has 4 fully saturated rings. The minimum atomic E-state index is -1.03. The summed E-state index contributed by atoms with van der Waals surface area (Å²) in [6.45, 7) is 5.99. The van der Waals surface area contributed by atoms with Gasteiger partial charge in [-0.15, -0.1) is 0 Å². The van der Waals surface area contributed by atoms with Crippen molar-refractivity contribution in [2.24, 2.45) is 34.0 Å². The van der Waals surface area contributed by atoms with E-state index in [1.54, 1.807) is 0 Å². The highest BCUT2D eigenvalue weighted by Gasteiger charge is 2.75. The van der Waals surface area contributed by atoms with Gasteiger partial charge in [0.15, 0.2) is 0 Å². The summed E-state index contributed by atoms with van der Waals surface area (Å²) in [5.41, 5.74) is -2.90. The Balaban J connectivity index is 1.85. The molecule has 24 heavy (non-hydrogen) atoms. The van der Waals surface area contributed by atoms with Gasteiger partial charge in [0, 0.05) is 11.3 Å². The molecule has 4 heteroatoms. The van der Waals surface area contributed by atoms with Gasteiger partial charge in [-0.2, -0.15) is 0 Å². The monoisotopic (exact) mass is 334 g/mol. The third kappa shape index (κ3) is 1.55. The molecule has 7 atom stereocenters. The molecule has 4 aliphatic carbocycles. The molecule has 1 spiro atoms. The molecule has 4 nitrogen and oxygen atoms in total. The van der Waals surface area contributed by atoms with Crippen molar-refractivity contribution >= 4 is 11.8 Å². The van der Waals surface area contributed by atoms with E-state index in [1.807, 2.05) is 13.8 Å². The number of fused-ring (bicyclic) bond motifs is 3. The van der Waals surface area contributed by atoms with Gasteiger partial charge in [-0.05, 0) is 63.7 Å². The van der Waals surface area contributed by atoms with E-state index < -0.39 is 27.8 Å². The third-order valence-corrected chi connectivity index (χ3v) is 9.10. The maximum absolute atomic E-state index is 13.2. The number of carboxylic acids is 1. The van der Waals surface area contributed by atoms with E-state index in [0.717, 1.165) is 32.1 Å². The Morgan fingerprint density at radius 1 is 1.12 bits per heavy atom. The lowest BCUT2D eigenvalue weighted by molar-refractivity contribution is -0.255. The van der Waals surface area contributed by atoms with Crippen LogP contribution >= 0.6 is 0 Å². The molecule has 2 bridgehead atoms. The number of aliphatic hydroxyl groups is 1. The average Bonchev–Trinajstić information content (AvgIpc) is 2.73. The third-order valence-electron chi connectivity index (χ3n) is 9.10. The van der Waals surface area contributed by atoms with E-state index in [4.69, 9.17) is 0 Å². The molecule has 2 N–H and O–H groups in total. The Morgan fingerprint density at radius 2 is 1.83 bits per heavy atom. The molecule has 4 saturated carbocycles. The van der Waals surface area contributed by atoms with Crippen molar-refractivity contribution in [1.82, 2.24) is 0 Å². The molecule has 0 saturated heterocycles. The number of hydrogen-bond donors (Lipinski definition) is 2. The molecule has 134 valence electrons. The predicted octanol–water partition coefficient (Wildman–Crippen LogP) is 3.41. The highest BCUT2D eigenvalue weighted by atomic mass is 16.4. The van der Waals surface area contributed by atoms with Crippen LogP contribution in [0.3, 0.4) is 0 Å². The largest absolute Gasteiger partial charge is 0.481 e. The lowest BCUT2D eigenvalue weighted by Crippen LogP contribution is -2.70. The fourth-order valence-electron chi connectivity index (χ4n) is 7.65. The van der Waals surface area contributed by atoms with Gasteiger partial charge in [-0.1, -0.05) is 20.3 Å². The van der Waals surface area contributed by atoms with Crippen molar-refractivity contribution in [3.8, 4) is 0 Å². The van der Waals surface area contributed by atoms with Gasteiger partial charge in [-0.3, -0.25) is 9.59 Å². The fraction of sp³-hybridized carbons (Fsp3) is 0.900. The van der Waals surface area contributed by atoms with Crippen LogP contribution in [0.5, 0.6) is 0 Å². The highest BCUT2D eigenvalue weighted by Crippen LogP contribution is 2.72. The van der Waals surface area contributed by atoms with Crippen LogP contribution in [0.4, 0.5) is 0 Å². The molecule has 0 aliphatic heterocycles. The molecule has 0 unspecified atom stereocenters. The van der Waals surface area contributed by atoms with Crippen LogP contribution < -0.4 is 0 Å². The van der Waals surface area contributed by atoms with E-state index in [0.29, 0.717) is 25.2 Å². The number of carboxylic acid groups (broad SMARTS) is 1. The topological polar surface area (TPSA) is 74.6 Å². The zero-order chi connectivity index (χ0) is 17.5. The minimum Gasteiger partial charge on any atom is -0.481 e. The number of rotatable bonds is 1. The Bertz CT molecular complexity index is 615. The normalized spacial score (nSPS) is 56.5. The summed E-state index contributed by atoms with van der Waals surface area (Å²) in [6, 6.07) is 0. The summed E-state index contributed by atoms with van der Waals surface area (Å²) in [5.74, 6) is -0.0688. The van der Waals surface area contributed by atoms with E-state index in [-0.39, 0.29) is 17.6 Å². The Kier molecular flexibility index (Phi) is 3.19. The minimum absolute atomic E-state index is 0.0490. The first kappa shape index (κ1) is 16.6. The van der Waals surface area contributed by atoms with Gasteiger partial charge in [0.05, 0.1) is 16.4 Å². The van der Waals surface area contributed by atoms with Crippen LogP contribution in [-0.2, 0) is 9.59 Å². The van der Waals surface area contributed by atoms with Gasteiger partial charge < -0.3 is 10.2 Å². The van der Waals surface area contributed by atoms with Crippen LogP contribution in [-0.4, -0.2) is 27.6 Å². The molecular formula is C20H30O4. The first-order valence-electron chi connectivity index (χ1n) is 9.62. The van der Waals surface area contributed by atoms with Gasteiger partial charge >= 0.3 is 5.97 Å². The van der Waals surface area contributed by atoms with Crippen molar-refractivity contribution in [1.29, 1.82) is 0 Å². The van der Waals surface area contributed by atoms with E-state index in [2.05, 4.69) is 6.92 Å². The van der Waals surface area contributed by atoms with Crippen molar-refractivity contribution in [2.45, 2.75) is 77.7 Å². The lowest BCUT2D eigenvalue weighted by Gasteiger charge is -2.66. The van der Waals surface area contributed by atoms with Crippen LogP contribution in [0.2, 0.25) is 0 Å². The first-order valence-corrected chi connectivity index (χ1v) is 9.62. The summed E-state index contributed by atoms with van der Waals surface area (Å²) in [5, 5.41) is 21.9. The predicted molar refractivity (Wildman–Crippen MR) is 89.3 cm³/mol. The van der Waals surface area contributed by atoms with Crippen molar-refractivity contribution in [3.05, 3.63) is 0 Å². The molecule has 0 aromatic rings. The molecule has 0 amide bonds. The standard InChI is InChI=1S/C20H30O4/c1-12-13-5-10-20(24)18(3)8-4-7-17(2,16(22)23)14(18)6-9-19(20,11-13)15(12)21/h12-14,24H,4-11H2,1-3H3,(H,22,23)/t12-,13+,14-,17-,18-,19+,20-/m1/s1. The first-order chi connectivity index (χ1) is 11.1. The van der Waals surface area contributed by atoms with E-state index in [9.17, 15) is 19.8 Å². The molecule has 0 radical (unpaired) electrons. The average molecular weight is 334 g/mol. The second-order valence-electron chi connectivity index (χ2n) is 9.68. The van der Waals surface area contributed by atoms with Gasteiger partial charge in [0.1, 0.15) is 5.78 Å². The van der Waals surface area contributed by atoms with Crippen LogP contribution in [0.1, 0.15) is 72.1 Å². The lowest BCUT2D eigenvalue weighted by atomic mass is 9.38. The SMILES string of the molecule is C[C@H]1C(=O)[C@@]23CC[C@@H]4[C@](C)(C(=O)O)CCC[C@@]4(C)[C@]2(O)CC[C@H]1C3. The molecular weight excluding hydrogens is 304 g/mol. The second kappa shape index (κ2) is 4.63. The van der Waals surface area contributed by atoms with Gasteiger partial charge in [-0.25, -0.2) is 0 Å². The maximum atomic E-state index is 13.2. The number of carbonyl (C=O) groups is 2. The van der Waals surface area contributed by atoms with Gasteiger partial charge in [0.2, 0.25) is 0 Å². The van der Waals surface area contributed by atoms with Crippen molar-refractivity contribution in [2.75, 3.05) is 0 Å². The van der Waals surface area contributed by atoms with Crippen LogP contribution in [0.15, 0.2) is 0 Å². The summed E-state index contributed by atoms with van der Waals surface area (Å²) >= 11 is 0. The zero-order valence-electron chi connectivity index (χ0n) is 15.1. The van der Waals surface area contributed by atoms with Crippen molar-refractivity contribution in [3.63, 3.8) is 0 Å². The molecule has 0 aromatic carbocycles. The number of Topliss-reactive ketones (excluding diaryl/α,β-unsaturated/α-hetero) is 1. The summed E-state index contributed by atoms with van der Waals surface area (Å²) < 4.78 is 0. The summed E-state index contributed by atoms with van der Waals surface area (Å²) in [6.07, 6.45) is 6.15. The van der Waals surface area contributed by atoms with Gasteiger partial charge in [0.25, 0.3) is 0 Å². The molecule has 4 aliphatic rings. The van der Waals surface area contributed by atoms with Crippen LogP contribution in [0.25, 0.3) is 0 Å². The Hall–Kier alpha value is -0.900. The maximum Gasteiger partial charge on any atom is 0.309 e. The second-order valence-corrected chi connectivity index (χ2v) is 9.68. The molecule has 0 aromatic heterocycles. The zero-order valence-corrected chi connectivity index (χ0v) is 15.1. The van der Waals surface area contributed by atoms with Crippen LogP contribution in [0, 0.1) is 34.0 Å². The fourth-order valence-corrected chi connectivity index (χ4v) is 7.65. The number of ketones is 1. The Morgan fingerprint density at radius 3 is 2.50 bits per heavy atom. The summed E-state index contributed by atoms with van der Waals surface area (Å²) in [4.78, 5) is 25.2. The number of hydrogen-bond acceptors (Lipinski definition) is 3.